The number of ether oxygens (including phenoxy) is 3. The lowest BCUT2D eigenvalue weighted by molar-refractivity contribution is -0.172. The van der Waals surface area contributed by atoms with Gasteiger partial charge in [-0.25, -0.2) is 19.4 Å². The number of urea groups is 1. The van der Waals surface area contributed by atoms with Gasteiger partial charge in [0.25, 0.3) is 5.56 Å². The van der Waals surface area contributed by atoms with Gasteiger partial charge in [0.15, 0.2) is 5.60 Å². The van der Waals surface area contributed by atoms with E-state index in [1.165, 1.54) is 4.57 Å². The number of rotatable bonds is 9. The third kappa shape index (κ3) is 6.00. The topological polar surface area (TPSA) is 178 Å². The Kier molecular flexibility index (Phi) is 8.43. The van der Waals surface area contributed by atoms with E-state index in [9.17, 15) is 24.3 Å². The second-order valence-electron chi connectivity index (χ2n) is 11.9. The van der Waals surface area contributed by atoms with Crippen molar-refractivity contribution in [2.75, 3.05) is 19.8 Å². The predicted molar refractivity (Wildman–Crippen MR) is 162 cm³/mol. The van der Waals surface area contributed by atoms with Gasteiger partial charge in [0.1, 0.15) is 24.6 Å². The zero-order valence-corrected chi connectivity index (χ0v) is 25.6. The first-order chi connectivity index (χ1) is 21.3. The SMILES string of the molecule is C=C(COc1ccc2nc3c(c(CNC(=O)NCCO)c2c1)Cn1c-3cc2c(c1=O)COC(=O)[C@]2(O)CC)C(=O)OC(C)(C)C. The van der Waals surface area contributed by atoms with Crippen molar-refractivity contribution in [3.05, 3.63) is 69.0 Å². The summed E-state index contributed by atoms with van der Waals surface area (Å²) in [6, 6.07) is 6.24. The molecule has 45 heavy (non-hydrogen) atoms. The smallest absolute Gasteiger partial charge is 0.343 e. The van der Waals surface area contributed by atoms with Crippen LogP contribution in [0.25, 0.3) is 22.3 Å². The molecule has 13 nitrogen and oxygen atoms in total. The third-order valence-electron chi connectivity index (χ3n) is 7.70. The number of cyclic esters (lactones) is 1. The van der Waals surface area contributed by atoms with Crippen LogP contribution in [0.4, 0.5) is 4.79 Å². The van der Waals surface area contributed by atoms with Crippen molar-refractivity contribution in [3.63, 3.8) is 0 Å². The summed E-state index contributed by atoms with van der Waals surface area (Å²) in [5.41, 5.74) is 0.217. The summed E-state index contributed by atoms with van der Waals surface area (Å²) in [4.78, 5) is 55.9. The maximum atomic E-state index is 13.7. The van der Waals surface area contributed by atoms with Gasteiger partial charge in [0.2, 0.25) is 0 Å². The zero-order valence-electron chi connectivity index (χ0n) is 25.6. The normalized spacial score (nSPS) is 16.7. The van der Waals surface area contributed by atoms with E-state index in [-0.39, 0.29) is 62.6 Å². The molecule has 4 heterocycles. The van der Waals surface area contributed by atoms with Crippen LogP contribution in [0.15, 0.2) is 41.2 Å². The van der Waals surface area contributed by atoms with E-state index in [0.717, 1.165) is 0 Å². The summed E-state index contributed by atoms with van der Waals surface area (Å²) in [6.07, 6.45) is 0.0149. The first-order valence-corrected chi connectivity index (χ1v) is 14.6. The highest BCUT2D eigenvalue weighted by Gasteiger charge is 2.45. The fourth-order valence-electron chi connectivity index (χ4n) is 5.41. The minimum Gasteiger partial charge on any atom is -0.489 e. The maximum absolute atomic E-state index is 13.7. The first-order valence-electron chi connectivity index (χ1n) is 14.6. The standard InChI is InChI=1S/C32H36N4O9/c1-6-32(42)23-12-25-26-21(14-36(25)27(38)22(23)16-44-29(32)40)20(13-34-30(41)33-9-10-37)19-11-18(7-8-24(19)35-26)43-15-17(2)28(39)45-31(3,4)5/h7-8,11-12,37,42H,2,6,9-10,13-16H2,1,3-5H3,(H2,33,34,41)/t32-/m0/s1. The Morgan fingerprint density at radius 3 is 2.62 bits per heavy atom. The minimum atomic E-state index is -1.97. The average Bonchev–Trinajstić information content (AvgIpc) is 3.36. The van der Waals surface area contributed by atoms with E-state index in [1.54, 1.807) is 52.0 Å². The molecule has 2 aromatic heterocycles. The molecule has 4 N–H and O–H groups in total. The van der Waals surface area contributed by atoms with Crippen LogP contribution >= 0.6 is 0 Å². The van der Waals surface area contributed by atoms with Crippen molar-refractivity contribution < 1.29 is 38.8 Å². The predicted octanol–water partition coefficient (Wildman–Crippen LogP) is 2.15. The number of nitrogens with zero attached hydrogens (tertiary/aromatic N) is 2. The van der Waals surface area contributed by atoms with Crippen LogP contribution in [0.1, 0.15) is 56.4 Å². The van der Waals surface area contributed by atoms with Gasteiger partial charge in [-0.15, -0.1) is 0 Å². The van der Waals surface area contributed by atoms with Crippen molar-refractivity contribution in [3.8, 4) is 17.1 Å². The molecule has 2 amide bonds. The molecule has 5 rings (SSSR count). The Balaban J connectivity index is 1.56. The highest BCUT2D eigenvalue weighted by Crippen LogP contribution is 2.40. The third-order valence-corrected chi connectivity index (χ3v) is 7.70. The molecule has 0 radical (unpaired) electrons. The van der Waals surface area contributed by atoms with Gasteiger partial charge in [-0.1, -0.05) is 13.5 Å². The molecule has 2 aliphatic heterocycles. The molecule has 0 spiro atoms. The second-order valence-corrected chi connectivity index (χ2v) is 11.9. The summed E-state index contributed by atoms with van der Waals surface area (Å²) >= 11 is 0. The molecule has 0 saturated heterocycles. The van der Waals surface area contributed by atoms with Gasteiger partial charge in [-0.05, 0) is 57.0 Å². The molecule has 0 fully saturated rings. The van der Waals surface area contributed by atoms with Crippen molar-refractivity contribution in [1.29, 1.82) is 0 Å². The number of aliphatic hydroxyl groups excluding tert-OH is 1. The van der Waals surface area contributed by atoms with Crippen LogP contribution in [0, 0.1) is 0 Å². The fraction of sp³-hybridized carbons (Fsp3) is 0.406. The van der Waals surface area contributed by atoms with Crippen LogP contribution in [0.2, 0.25) is 0 Å². The van der Waals surface area contributed by atoms with Crippen LogP contribution in [0.3, 0.4) is 0 Å². The fourth-order valence-corrected chi connectivity index (χ4v) is 5.41. The summed E-state index contributed by atoms with van der Waals surface area (Å²) in [6.45, 7) is 10.3. The highest BCUT2D eigenvalue weighted by molar-refractivity contribution is 5.91. The number of amides is 2. The lowest BCUT2D eigenvalue weighted by Gasteiger charge is -2.31. The maximum Gasteiger partial charge on any atom is 0.343 e. The Hall–Kier alpha value is -4.75. The highest BCUT2D eigenvalue weighted by atomic mass is 16.6. The quantitative estimate of drug-likeness (QED) is 0.160. The van der Waals surface area contributed by atoms with Gasteiger partial charge < -0.3 is 39.6 Å². The Morgan fingerprint density at radius 1 is 1.18 bits per heavy atom. The Labute approximate surface area is 258 Å². The Morgan fingerprint density at radius 2 is 1.93 bits per heavy atom. The zero-order chi connectivity index (χ0) is 32.7. The number of fused-ring (bicyclic) bond motifs is 5. The molecule has 1 atom stereocenters. The summed E-state index contributed by atoms with van der Waals surface area (Å²) in [5.74, 6) is -0.978. The average molecular weight is 621 g/mol. The number of nitrogens with one attached hydrogen (secondary N) is 2. The second kappa shape index (κ2) is 12.0. The number of hydrogen-bond donors (Lipinski definition) is 4. The molecule has 2 aliphatic rings. The molecule has 0 unspecified atom stereocenters. The van der Waals surface area contributed by atoms with Gasteiger partial charge in [0.05, 0.1) is 41.2 Å². The molecule has 0 aliphatic carbocycles. The van der Waals surface area contributed by atoms with Gasteiger partial charge in [0, 0.05) is 29.6 Å². The van der Waals surface area contributed by atoms with E-state index >= 15 is 0 Å². The number of esters is 2. The monoisotopic (exact) mass is 620 g/mol. The Bertz CT molecular complexity index is 1790. The van der Waals surface area contributed by atoms with Crippen molar-refractivity contribution >= 4 is 28.9 Å². The van der Waals surface area contributed by atoms with E-state index in [1.807, 2.05) is 0 Å². The molecule has 0 saturated carbocycles. The number of pyridine rings is 2. The van der Waals surface area contributed by atoms with Crippen molar-refractivity contribution in [2.45, 2.75) is 65.0 Å². The first kappa shape index (κ1) is 31.7. The lowest BCUT2D eigenvalue weighted by Crippen LogP contribution is -2.44. The molecule has 1 aromatic carbocycles. The number of carbonyl (C=O) groups excluding carboxylic acids is 3. The van der Waals surface area contributed by atoms with E-state index in [0.29, 0.717) is 39.2 Å². The van der Waals surface area contributed by atoms with Crippen LogP contribution in [-0.4, -0.2) is 63.1 Å². The number of hydrogen-bond acceptors (Lipinski definition) is 10. The molecule has 238 valence electrons. The number of benzene rings is 1. The molecule has 13 heteroatoms. The summed E-state index contributed by atoms with van der Waals surface area (Å²) < 4.78 is 17.9. The van der Waals surface area contributed by atoms with Crippen molar-refractivity contribution in [2.24, 2.45) is 0 Å². The lowest BCUT2D eigenvalue weighted by atomic mass is 9.86. The van der Waals surface area contributed by atoms with E-state index in [2.05, 4.69) is 17.2 Å². The van der Waals surface area contributed by atoms with Crippen molar-refractivity contribution in [1.82, 2.24) is 20.2 Å². The largest absolute Gasteiger partial charge is 0.489 e. The number of aromatic nitrogens is 2. The molecular weight excluding hydrogens is 584 g/mol. The summed E-state index contributed by atoms with van der Waals surface area (Å²) in [7, 11) is 0. The van der Waals surface area contributed by atoms with Crippen LogP contribution in [-0.2, 0) is 44.4 Å². The van der Waals surface area contributed by atoms with E-state index < -0.39 is 34.7 Å². The van der Waals surface area contributed by atoms with E-state index in [4.69, 9.17) is 24.3 Å². The van der Waals surface area contributed by atoms with Gasteiger partial charge >= 0.3 is 18.0 Å². The van der Waals surface area contributed by atoms with Crippen LogP contribution < -0.4 is 20.9 Å². The van der Waals surface area contributed by atoms with Gasteiger partial charge in [-0.2, -0.15) is 0 Å². The molecule has 3 aromatic rings. The van der Waals surface area contributed by atoms with Crippen LogP contribution in [0.5, 0.6) is 5.75 Å². The number of carbonyl (C=O) groups is 3. The van der Waals surface area contributed by atoms with Gasteiger partial charge in [-0.3, -0.25) is 4.79 Å². The number of aliphatic hydroxyl groups is 2. The minimum absolute atomic E-state index is 0.0149. The summed E-state index contributed by atoms with van der Waals surface area (Å²) in [5, 5.41) is 26.2. The molecule has 0 bridgehead atoms. The molecular formula is C32H36N4O9.